The van der Waals surface area contributed by atoms with Crippen LogP contribution in [0.2, 0.25) is 0 Å². The van der Waals surface area contributed by atoms with Gasteiger partial charge in [0.2, 0.25) is 5.91 Å². The Hall–Kier alpha value is -2.77. The SMILES string of the molecule is COc1cc(OC)cc(C(=O)N2CCN(C(=O)CCCCC(=O)O)CC2)c1. The first kappa shape index (κ1) is 20.5. The van der Waals surface area contributed by atoms with Gasteiger partial charge in [0.25, 0.3) is 5.91 Å². The van der Waals surface area contributed by atoms with Gasteiger partial charge in [-0.15, -0.1) is 0 Å². The van der Waals surface area contributed by atoms with E-state index in [9.17, 15) is 14.4 Å². The third-order valence-electron chi connectivity index (χ3n) is 4.55. The monoisotopic (exact) mass is 378 g/mol. The molecule has 0 bridgehead atoms. The first-order chi connectivity index (χ1) is 12.9. The van der Waals surface area contributed by atoms with Gasteiger partial charge in [0.15, 0.2) is 0 Å². The Morgan fingerprint density at radius 2 is 1.41 bits per heavy atom. The van der Waals surface area contributed by atoms with Crippen LogP contribution in [0.15, 0.2) is 18.2 Å². The number of benzene rings is 1. The summed E-state index contributed by atoms with van der Waals surface area (Å²) in [5.74, 6) is 0.140. The van der Waals surface area contributed by atoms with Crippen LogP contribution in [0.1, 0.15) is 36.0 Å². The number of carboxylic acid groups (broad SMARTS) is 1. The molecule has 1 N–H and O–H groups in total. The summed E-state index contributed by atoms with van der Waals surface area (Å²) < 4.78 is 10.4. The molecule has 27 heavy (non-hydrogen) atoms. The Bertz CT molecular complexity index is 661. The summed E-state index contributed by atoms with van der Waals surface area (Å²) in [4.78, 5) is 38.9. The molecule has 0 spiro atoms. The number of ether oxygens (including phenoxy) is 2. The third-order valence-corrected chi connectivity index (χ3v) is 4.55. The topological polar surface area (TPSA) is 96.4 Å². The molecule has 1 aromatic carbocycles. The highest BCUT2D eigenvalue weighted by Crippen LogP contribution is 2.24. The minimum atomic E-state index is -0.844. The van der Waals surface area contributed by atoms with Crippen molar-refractivity contribution >= 4 is 17.8 Å². The van der Waals surface area contributed by atoms with Crippen LogP contribution in [-0.2, 0) is 9.59 Å². The van der Waals surface area contributed by atoms with Crippen LogP contribution >= 0.6 is 0 Å². The van der Waals surface area contributed by atoms with E-state index in [-0.39, 0.29) is 18.2 Å². The van der Waals surface area contributed by atoms with E-state index >= 15 is 0 Å². The number of unbranched alkanes of at least 4 members (excludes halogenated alkanes) is 1. The van der Waals surface area contributed by atoms with Gasteiger partial charge in [-0.3, -0.25) is 14.4 Å². The van der Waals surface area contributed by atoms with Gasteiger partial charge in [0.1, 0.15) is 11.5 Å². The van der Waals surface area contributed by atoms with Crippen molar-refractivity contribution in [3.05, 3.63) is 23.8 Å². The summed E-state index contributed by atoms with van der Waals surface area (Å²) in [5.41, 5.74) is 0.486. The number of hydrogen-bond donors (Lipinski definition) is 1. The van der Waals surface area contributed by atoms with Crippen molar-refractivity contribution in [2.24, 2.45) is 0 Å². The number of hydrogen-bond acceptors (Lipinski definition) is 5. The normalized spacial score (nSPS) is 14.0. The zero-order valence-corrected chi connectivity index (χ0v) is 15.8. The molecule has 0 aliphatic carbocycles. The Kier molecular flexibility index (Phi) is 7.45. The standard InChI is InChI=1S/C19H26N2O6/c1-26-15-11-14(12-16(13-15)27-2)19(25)21-9-7-20(8-10-21)17(22)5-3-4-6-18(23)24/h11-13H,3-10H2,1-2H3,(H,23,24). The van der Waals surface area contributed by atoms with Gasteiger partial charge in [0, 0.05) is 50.7 Å². The molecule has 0 saturated carbocycles. The van der Waals surface area contributed by atoms with Crippen LogP contribution in [0.25, 0.3) is 0 Å². The van der Waals surface area contributed by atoms with Gasteiger partial charge in [-0.1, -0.05) is 0 Å². The van der Waals surface area contributed by atoms with Crippen molar-refractivity contribution in [3.63, 3.8) is 0 Å². The van der Waals surface area contributed by atoms with E-state index in [1.165, 1.54) is 14.2 Å². The van der Waals surface area contributed by atoms with Crippen LogP contribution in [0.4, 0.5) is 0 Å². The first-order valence-electron chi connectivity index (χ1n) is 8.96. The summed E-state index contributed by atoms with van der Waals surface area (Å²) in [7, 11) is 3.06. The van der Waals surface area contributed by atoms with Gasteiger partial charge in [0.05, 0.1) is 14.2 Å². The summed E-state index contributed by atoms with van der Waals surface area (Å²) >= 11 is 0. The van der Waals surface area contributed by atoms with Crippen LogP contribution in [0, 0.1) is 0 Å². The summed E-state index contributed by atoms with van der Waals surface area (Å²) in [6.45, 7) is 1.87. The van der Waals surface area contributed by atoms with Crippen molar-refractivity contribution in [1.82, 2.24) is 9.80 Å². The fourth-order valence-corrected chi connectivity index (χ4v) is 2.98. The molecular formula is C19H26N2O6. The summed E-state index contributed by atoms with van der Waals surface area (Å²) in [6.07, 6.45) is 1.49. The molecule has 0 unspecified atom stereocenters. The van der Waals surface area contributed by atoms with Crippen molar-refractivity contribution in [1.29, 1.82) is 0 Å². The number of aliphatic carboxylic acids is 1. The molecule has 1 saturated heterocycles. The molecule has 0 atom stereocenters. The zero-order valence-electron chi connectivity index (χ0n) is 15.8. The number of methoxy groups -OCH3 is 2. The molecule has 0 aromatic heterocycles. The summed E-state index contributed by atoms with van der Waals surface area (Å²) in [5, 5.41) is 8.62. The molecule has 0 radical (unpaired) electrons. The molecular weight excluding hydrogens is 352 g/mol. The van der Waals surface area contributed by atoms with Crippen LogP contribution in [-0.4, -0.2) is 73.1 Å². The molecule has 1 aliphatic heterocycles. The zero-order chi connectivity index (χ0) is 19.8. The molecule has 1 fully saturated rings. The number of amides is 2. The number of carboxylic acids is 1. The fourth-order valence-electron chi connectivity index (χ4n) is 2.98. The predicted octanol–water partition coefficient (Wildman–Crippen LogP) is 1.63. The van der Waals surface area contributed by atoms with E-state index in [1.54, 1.807) is 28.0 Å². The van der Waals surface area contributed by atoms with Gasteiger partial charge in [-0.2, -0.15) is 0 Å². The smallest absolute Gasteiger partial charge is 0.303 e. The Balaban J connectivity index is 1.87. The van der Waals surface area contributed by atoms with Gasteiger partial charge < -0.3 is 24.4 Å². The minimum absolute atomic E-state index is 0.00976. The van der Waals surface area contributed by atoms with Crippen molar-refractivity contribution in [2.75, 3.05) is 40.4 Å². The quantitative estimate of drug-likeness (QED) is 0.691. The van der Waals surface area contributed by atoms with Crippen LogP contribution in [0.3, 0.4) is 0 Å². The van der Waals surface area contributed by atoms with Crippen molar-refractivity contribution in [3.8, 4) is 11.5 Å². The largest absolute Gasteiger partial charge is 0.497 e. The third kappa shape index (κ3) is 5.87. The highest BCUT2D eigenvalue weighted by atomic mass is 16.5. The van der Waals surface area contributed by atoms with E-state index in [0.717, 1.165) is 0 Å². The van der Waals surface area contributed by atoms with E-state index in [0.29, 0.717) is 62.5 Å². The number of nitrogens with zero attached hydrogens (tertiary/aromatic N) is 2. The Morgan fingerprint density at radius 3 is 1.93 bits per heavy atom. The number of rotatable bonds is 8. The maximum absolute atomic E-state index is 12.7. The maximum Gasteiger partial charge on any atom is 0.303 e. The van der Waals surface area contributed by atoms with Gasteiger partial charge >= 0.3 is 5.97 Å². The van der Waals surface area contributed by atoms with Crippen molar-refractivity contribution in [2.45, 2.75) is 25.7 Å². The fraction of sp³-hybridized carbons (Fsp3) is 0.526. The molecule has 1 aromatic rings. The number of carbonyl (C=O) groups excluding carboxylic acids is 2. The van der Waals surface area contributed by atoms with Crippen molar-refractivity contribution < 1.29 is 29.0 Å². The van der Waals surface area contributed by atoms with Crippen LogP contribution < -0.4 is 9.47 Å². The van der Waals surface area contributed by atoms with Gasteiger partial charge in [-0.25, -0.2) is 0 Å². The molecule has 148 valence electrons. The van der Waals surface area contributed by atoms with Crippen LogP contribution in [0.5, 0.6) is 11.5 Å². The highest BCUT2D eigenvalue weighted by molar-refractivity contribution is 5.95. The lowest BCUT2D eigenvalue weighted by Crippen LogP contribution is -2.50. The van der Waals surface area contributed by atoms with Gasteiger partial charge in [-0.05, 0) is 25.0 Å². The van der Waals surface area contributed by atoms with E-state index in [4.69, 9.17) is 14.6 Å². The lowest BCUT2D eigenvalue weighted by atomic mass is 10.1. The van der Waals surface area contributed by atoms with E-state index in [1.807, 2.05) is 0 Å². The molecule has 1 aliphatic rings. The molecule has 2 rings (SSSR count). The molecule has 8 heteroatoms. The Morgan fingerprint density at radius 1 is 0.889 bits per heavy atom. The summed E-state index contributed by atoms with van der Waals surface area (Å²) in [6, 6.07) is 5.05. The Labute approximate surface area is 158 Å². The second kappa shape index (κ2) is 9.80. The molecule has 8 nitrogen and oxygen atoms in total. The highest BCUT2D eigenvalue weighted by Gasteiger charge is 2.25. The van der Waals surface area contributed by atoms with E-state index < -0.39 is 5.97 Å². The number of carbonyl (C=O) groups is 3. The molecule has 2 amide bonds. The van der Waals surface area contributed by atoms with E-state index in [2.05, 4.69) is 0 Å². The predicted molar refractivity (Wildman–Crippen MR) is 98.1 cm³/mol. The maximum atomic E-state index is 12.7. The second-order valence-corrected chi connectivity index (χ2v) is 6.38. The lowest BCUT2D eigenvalue weighted by molar-refractivity contribution is -0.137. The second-order valence-electron chi connectivity index (χ2n) is 6.38. The number of piperazine rings is 1. The lowest BCUT2D eigenvalue weighted by Gasteiger charge is -2.35. The first-order valence-corrected chi connectivity index (χ1v) is 8.96. The average Bonchev–Trinajstić information content (AvgIpc) is 2.69. The molecule has 1 heterocycles. The minimum Gasteiger partial charge on any atom is -0.497 e. The average molecular weight is 378 g/mol.